The zero-order valence-electron chi connectivity index (χ0n) is 20.8. The molecule has 0 bridgehead atoms. The second-order valence-electron chi connectivity index (χ2n) is 8.66. The molecular formula is C29H31Cl3N2O2S. The van der Waals surface area contributed by atoms with Gasteiger partial charge in [-0.2, -0.15) is 0 Å². The van der Waals surface area contributed by atoms with Crippen LogP contribution in [0.15, 0.2) is 77.7 Å². The van der Waals surface area contributed by atoms with Crippen LogP contribution >= 0.6 is 46.6 Å². The van der Waals surface area contributed by atoms with Gasteiger partial charge in [-0.15, -0.1) is 11.8 Å². The molecule has 0 fully saturated rings. The zero-order valence-corrected chi connectivity index (χ0v) is 23.8. The molecule has 0 radical (unpaired) electrons. The van der Waals surface area contributed by atoms with Crippen molar-refractivity contribution in [3.8, 4) is 0 Å². The van der Waals surface area contributed by atoms with Crippen molar-refractivity contribution >= 4 is 58.4 Å². The van der Waals surface area contributed by atoms with Gasteiger partial charge in [-0.05, 0) is 66.1 Å². The van der Waals surface area contributed by atoms with E-state index in [0.29, 0.717) is 40.9 Å². The van der Waals surface area contributed by atoms with E-state index in [4.69, 9.17) is 34.8 Å². The van der Waals surface area contributed by atoms with Crippen molar-refractivity contribution in [3.63, 3.8) is 0 Å². The number of hydrogen-bond donors (Lipinski definition) is 1. The molecule has 0 aliphatic heterocycles. The minimum atomic E-state index is -0.669. The van der Waals surface area contributed by atoms with Gasteiger partial charge in [0.1, 0.15) is 6.04 Å². The second-order valence-corrected chi connectivity index (χ2v) is 11.1. The summed E-state index contributed by atoms with van der Waals surface area (Å²) in [5, 5.41) is 4.67. The largest absolute Gasteiger partial charge is 0.354 e. The summed E-state index contributed by atoms with van der Waals surface area (Å²) in [7, 11) is 0. The van der Waals surface area contributed by atoms with Crippen LogP contribution in [0.5, 0.6) is 0 Å². The number of rotatable bonds is 13. The molecule has 3 aromatic rings. The fourth-order valence-electron chi connectivity index (χ4n) is 3.84. The maximum Gasteiger partial charge on any atom is 0.243 e. The molecule has 0 aromatic heterocycles. The molecule has 1 atom stereocenters. The molecular weight excluding hydrogens is 547 g/mol. The topological polar surface area (TPSA) is 49.4 Å². The Morgan fingerprint density at radius 3 is 2.32 bits per heavy atom. The van der Waals surface area contributed by atoms with E-state index < -0.39 is 6.04 Å². The van der Waals surface area contributed by atoms with Crippen LogP contribution in [-0.2, 0) is 22.6 Å². The lowest BCUT2D eigenvalue weighted by molar-refractivity contribution is -0.141. The summed E-state index contributed by atoms with van der Waals surface area (Å²) in [6.07, 6.45) is 2.21. The third-order valence-electron chi connectivity index (χ3n) is 5.79. The van der Waals surface area contributed by atoms with Gasteiger partial charge in [-0.1, -0.05) is 78.1 Å². The van der Waals surface area contributed by atoms with Crippen LogP contribution < -0.4 is 5.32 Å². The van der Waals surface area contributed by atoms with Crippen LogP contribution in [0.4, 0.5) is 0 Å². The van der Waals surface area contributed by atoms with E-state index in [9.17, 15) is 9.59 Å². The Morgan fingerprint density at radius 2 is 1.65 bits per heavy atom. The number of nitrogens with one attached hydrogen (secondary N) is 1. The monoisotopic (exact) mass is 576 g/mol. The lowest BCUT2D eigenvalue weighted by Gasteiger charge is -2.32. The average molecular weight is 578 g/mol. The van der Waals surface area contributed by atoms with Gasteiger partial charge in [0.05, 0.1) is 0 Å². The van der Waals surface area contributed by atoms with Crippen LogP contribution in [0.25, 0.3) is 0 Å². The highest BCUT2D eigenvalue weighted by atomic mass is 35.5. The van der Waals surface area contributed by atoms with Crippen LogP contribution in [0.1, 0.15) is 37.3 Å². The highest BCUT2D eigenvalue weighted by molar-refractivity contribution is 7.99. The van der Waals surface area contributed by atoms with Crippen molar-refractivity contribution in [1.29, 1.82) is 0 Å². The van der Waals surface area contributed by atoms with Crippen molar-refractivity contribution < 1.29 is 9.59 Å². The molecule has 196 valence electrons. The minimum absolute atomic E-state index is 0.0877. The van der Waals surface area contributed by atoms with E-state index in [2.05, 4.69) is 5.32 Å². The number of halogens is 3. The number of carbonyl (C=O) groups is 2. The Hall–Kier alpha value is -2.18. The second kappa shape index (κ2) is 15.3. The SMILES string of the molecule is CCCNC(=O)C(Cc1ccccc1)N(Cc1ccc(Cl)cc1Cl)C(=O)CCCSc1ccc(Cl)cc1. The van der Waals surface area contributed by atoms with Crippen LogP contribution in [0.2, 0.25) is 15.1 Å². The molecule has 4 nitrogen and oxygen atoms in total. The molecule has 3 aromatic carbocycles. The Morgan fingerprint density at radius 1 is 0.946 bits per heavy atom. The fourth-order valence-corrected chi connectivity index (χ4v) is 5.29. The maximum absolute atomic E-state index is 13.6. The number of carbonyl (C=O) groups excluding carboxylic acids is 2. The van der Waals surface area contributed by atoms with Crippen molar-refractivity contribution in [3.05, 3.63) is 99.0 Å². The molecule has 0 heterocycles. The van der Waals surface area contributed by atoms with Crippen LogP contribution in [0.3, 0.4) is 0 Å². The molecule has 0 spiro atoms. The first-order valence-corrected chi connectivity index (χ1v) is 14.4. The van der Waals surface area contributed by atoms with Gasteiger partial charge >= 0.3 is 0 Å². The van der Waals surface area contributed by atoms with E-state index >= 15 is 0 Å². The third-order valence-corrected chi connectivity index (χ3v) is 7.73. The molecule has 0 aliphatic rings. The van der Waals surface area contributed by atoms with Crippen molar-refractivity contribution in [2.24, 2.45) is 0 Å². The van der Waals surface area contributed by atoms with Gasteiger partial charge in [-0.3, -0.25) is 9.59 Å². The molecule has 3 rings (SSSR count). The summed E-state index contributed by atoms with van der Waals surface area (Å²) in [5.74, 6) is 0.517. The van der Waals surface area contributed by atoms with Gasteiger partial charge in [0.15, 0.2) is 0 Å². The van der Waals surface area contributed by atoms with Crippen LogP contribution in [-0.4, -0.2) is 35.1 Å². The van der Waals surface area contributed by atoms with E-state index in [1.54, 1.807) is 28.8 Å². The predicted molar refractivity (Wildman–Crippen MR) is 156 cm³/mol. The number of hydrogen-bond acceptors (Lipinski definition) is 3. The smallest absolute Gasteiger partial charge is 0.243 e. The maximum atomic E-state index is 13.6. The third kappa shape index (κ3) is 9.57. The predicted octanol–water partition coefficient (Wildman–Crippen LogP) is 7.69. The molecule has 8 heteroatoms. The number of thioether (sulfide) groups is 1. The lowest BCUT2D eigenvalue weighted by Crippen LogP contribution is -2.50. The quantitative estimate of drug-likeness (QED) is 0.167. The van der Waals surface area contributed by atoms with Crippen molar-refractivity contribution in [1.82, 2.24) is 10.2 Å². The first kappa shape index (κ1) is 29.4. The number of amides is 2. The standard InChI is InChI=1S/C29H31Cl3N2O2S/c1-2-16-33-29(36)27(18-21-7-4-3-5-8-21)34(20-22-10-11-24(31)19-26(22)32)28(35)9-6-17-37-25-14-12-23(30)13-15-25/h3-5,7-8,10-15,19,27H,2,6,9,16-18,20H2,1H3,(H,33,36). The summed E-state index contributed by atoms with van der Waals surface area (Å²) in [4.78, 5) is 29.8. The Kier molecular flexibility index (Phi) is 12.1. The van der Waals surface area contributed by atoms with Gasteiger partial charge in [0.25, 0.3) is 0 Å². The molecule has 2 amide bonds. The molecule has 1 unspecified atom stereocenters. The van der Waals surface area contributed by atoms with Crippen molar-refractivity contribution in [2.75, 3.05) is 12.3 Å². The van der Waals surface area contributed by atoms with E-state index in [1.165, 1.54) is 0 Å². The first-order chi connectivity index (χ1) is 17.9. The Bertz CT molecular complexity index is 1160. The average Bonchev–Trinajstić information content (AvgIpc) is 2.89. The van der Waals surface area contributed by atoms with Gasteiger partial charge < -0.3 is 10.2 Å². The Balaban J connectivity index is 1.80. The van der Waals surface area contributed by atoms with Crippen molar-refractivity contribution in [2.45, 2.75) is 50.1 Å². The summed E-state index contributed by atoms with van der Waals surface area (Å²) in [6, 6.07) is 22.0. The Labute approximate surface area is 238 Å². The van der Waals surface area contributed by atoms with Crippen LogP contribution in [0, 0.1) is 0 Å². The highest BCUT2D eigenvalue weighted by Gasteiger charge is 2.30. The molecule has 0 aliphatic carbocycles. The summed E-state index contributed by atoms with van der Waals surface area (Å²) in [6.45, 7) is 2.77. The minimum Gasteiger partial charge on any atom is -0.354 e. The number of benzene rings is 3. The van der Waals surface area contributed by atoms with Gasteiger partial charge in [0, 0.05) is 45.9 Å². The summed E-state index contributed by atoms with van der Waals surface area (Å²) < 4.78 is 0. The number of nitrogens with zero attached hydrogens (tertiary/aromatic N) is 1. The normalized spacial score (nSPS) is 11.7. The molecule has 37 heavy (non-hydrogen) atoms. The highest BCUT2D eigenvalue weighted by Crippen LogP contribution is 2.26. The first-order valence-electron chi connectivity index (χ1n) is 12.3. The zero-order chi connectivity index (χ0) is 26.6. The van der Waals surface area contributed by atoms with E-state index in [-0.39, 0.29) is 18.4 Å². The van der Waals surface area contributed by atoms with Gasteiger partial charge in [-0.25, -0.2) is 0 Å². The lowest BCUT2D eigenvalue weighted by atomic mass is 10.0. The summed E-state index contributed by atoms with van der Waals surface area (Å²) >= 11 is 20.2. The fraction of sp³-hybridized carbons (Fsp3) is 0.310. The van der Waals surface area contributed by atoms with E-state index in [1.807, 2.05) is 67.6 Å². The van der Waals surface area contributed by atoms with Gasteiger partial charge in [0.2, 0.25) is 11.8 Å². The molecule has 0 saturated heterocycles. The summed E-state index contributed by atoms with van der Waals surface area (Å²) in [5.41, 5.74) is 1.73. The molecule has 1 N–H and O–H groups in total. The molecule has 0 saturated carbocycles. The van der Waals surface area contributed by atoms with E-state index in [0.717, 1.165) is 28.2 Å².